The van der Waals surface area contributed by atoms with Crippen LogP contribution in [0.15, 0.2) is 24.3 Å². The minimum Gasteiger partial charge on any atom is -0.493 e. The van der Waals surface area contributed by atoms with Crippen molar-refractivity contribution < 1.29 is 19.2 Å². The fourth-order valence-corrected chi connectivity index (χ4v) is 2.22. The summed E-state index contributed by atoms with van der Waals surface area (Å²) in [4.78, 5) is 0. The lowest BCUT2D eigenvalue weighted by Crippen LogP contribution is -2.41. The minimum absolute atomic E-state index is 0.288. The van der Waals surface area contributed by atoms with Gasteiger partial charge in [-0.3, -0.25) is 0 Å². The Bertz CT molecular complexity index is 468. The number of aliphatic hydroxyl groups is 1. The van der Waals surface area contributed by atoms with Crippen LogP contribution in [-0.2, 0) is 9.31 Å². The third-order valence-electron chi connectivity index (χ3n) is 4.60. The molecule has 1 fully saturated rings. The van der Waals surface area contributed by atoms with E-state index in [1.165, 1.54) is 0 Å². The average molecular weight is 306 g/mol. The van der Waals surface area contributed by atoms with Crippen LogP contribution in [0.2, 0.25) is 0 Å². The molecule has 1 heterocycles. The first-order chi connectivity index (χ1) is 10.2. The van der Waals surface area contributed by atoms with Crippen molar-refractivity contribution in [1.82, 2.24) is 0 Å². The van der Waals surface area contributed by atoms with Gasteiger partial charge in [0.25, 0.3) is 0 Å². The molecule has 22 heavy (non-hydrogen) atoms. The summed E-state index contributed by atoms with van der Waals surface area (Å²) in [5.74, 6) is 0.795. The average Bonchev–Trinajstić information content (AvgIpc) is 2.68. The lowest BCUT2D eigenvalue weighted by molar-refractivity contribution is 0.00578. The van der Waals surface area contributed by atoms with Gasteiger partial charge in [-0.25, -0.2) is 0 Å². The van der Waals surface area contributed by atoms with Crippen LogP contribution in [0.5, 0.6) is 5.75 Å². The SMILES string of the molecule is CCC(O)CCOc1ccc(B2OC(C)(C)C(C)(C)O2)cc1. The lowest BCUT2D eigenvalue weighted by Gasteiger charge is -2.32. The van der Waals surface area contributed by atoms with Crippen LogP contribution in [0.4, 0.5) is 0 Å². The molecule has 0 bridgehead atoms. The monoisotopic (exact) mass is 306 g/mol. The maximum atomic E-state index is 9.51. The summed E-state index contributed by atoms with van der Waals surface area (Å²) in [6.45, 7) is 10.7. The van der Waals surface area contributed by atoms with Gasteiger partial charge in [0.2, 0.25) is 0 Å². The summed E-state index contributed by atoms with van der Waals surface area (Å²) in [6.07, 6.45) is 1.11. The molecule has 1 aliphatic rings. The van der Waals surface area contributed by atoms with E-state index < -0.39 is 0 Å². The van der Waals surface area contributed by atoms with Crippen LogP contribution in [-0.4, -0.2) is 36.1 Å². The number of rotatable bonds is 6. The fraction of sp³-hybridized carbons (Fsp3) is 0.647. The molecule has 4 nitrogen and oxygen atoms in total. The van der Waals surface area contributed by atoms with E-state index >= 15 is 0 Å². The molecule has 1 atom stereocenters. The maximum Gasteiger partial charge on any atom is 0.494 e. The minimum atomic E-state index is -0.346. The summed E-state index contributed by atoms with van der Waals surface area (Å²) in [7, 11) is -0.346. The Hall–Kier alpha value is -1.04. The van der Waals surface area contributed by atoms with E-state index in [0.29, 0.717) is 13.0 Å². The third kappa shape index (κ3) is 3.83. The Morgan fingerprint density at radius 3 is 2.14 bits per heavy atom. The van der Waals surface area contributed by atoms with Gasteiger partial charge >= 0.3 is 7.12 Å². The highest BCUT2D eigenvalue weighted by atomic mass is 16.7. The quantitative estimate of drug-likeness (QED) is 0.821. The number of hydrogen-bond donors (Lipinski definition) is 1. The molecule has 1 saturated heterocycles. The van der Waals surface area contributed by atoms with E-state index in [1.807, 2.05) is 58.9 Å². The molecular weight excluding hydrogens is 279 g/mol. The van der Waals surface area contributed by atoms with Gasteiger partial charge in [-0.15, -0.1) is 0 Å². The second kappa shape index (κ2) is 6.61. The van der Waals surface area contributed by atoms with Crippen LogP contribution < -0.4 is 10.2 Å². The molecule has 0 amide bonds. The van der Waals surface area contributed by atoms with Gasteiger partial charge in [0, 0.05) is 6.42 Å². The van der Waals surface area contributed by atoms with E-state index in [2.05, 4.69) is 0 Å². The zero-order chi connectivity index (χ0) is 16.4. The first-order valence-electron chi connectivity index (χ1n) is 8.01. The Morgan fingerprint density at radius 1 is 1.09 bits per heavy atom. The smallest absolute Gasteiger partial charge is 0.493 e. The molecule has 122 valence electrons. The van der Waals surface area contributed by atoms with E-state index in [4.69, 9.17) is 14.0 Å². The van der Waals surface area contributed by atoms with Crippen molar-refractivity contribution >= 4 is 12.6 Å². The number of aliphatic hydroxyl groups excluding tert-OH is 1. The van der Waals surface area contributed by atoms with Gasteiger partial charge < -0.3 is 19.2 Å². The maximum absolute atomic E-state index is 9.51. The van der Waals surface area contributed by atoms with E-state index in [9.17, 15) is 5.11 Å². The van der Waals surface area contributed by atoms with Gasteiger partial charge in [-0.05, 0) is 51.7 Å². The number of hydrogen-bond acceptors (Lipinski definition) is 4. The van der Waals surface area contributed by atoms with Crippen LogP contribution in [0.1, 0.15) is 47.5 Å². The van der Waals surface area contributed by atoms with Crippen LogP contribution >= 0.6 is 0 Å². The fourth-order valence-electron chi connectivity index (χ4n) is 2.22. The van der Waals surface area contributed by atoms with Gasteiger partial charge in [-0.1, -0.05) is 19.1 Å². The summed E-state index contributed by atoms with van der Waals surface area (Å²) < 4.78 is 17.7. The van der Waals surface area contributed by atoms with Gasteiger partial charge in [0.1, 0.15) is 5.75 Å². The molecule has 0 aromatic heterocycles. The molecule has 0 saturated carbocycles. The standard InChI is InChI=1S/C17H27BO4/c1-6-14(19)11-12-20-15-9-7-13(8-10-15)18-21-16(2,3)17(4,5)22-18/h7-10,14,19H,6,11-12H2,1-5H3. The summed E-state index contributed by atoms with van der Waals surface area (Å²) in [5.41, 5.74) is 0.325. The Morgan fingerprint density at radius 2 is 1.64 bits per heavy atom. The Labute approximate surface area is 133 Å². The molecular formula is C17H27BO4. The molecule has 1 N–H and O–H groups in total. The molecule has 0 spiro atoms. The molecule has 5 heteroatoms. The van der Waals surface area contributed by atoms with Gasteiger partial charge in [-0.2, -0.15) is 0 Å². The summed E-state index contributed by atoms with van der Waals surface area (Å²) >= 11 is 0. The van der Waals surface area contributed by atoms with Crippen molar-refractivity contribution in [3.8, 4) is 5.75 Å². The van der Waals surface area contributed by atoms with E-state index in [0.717, 1.165) is 17.6 Å². The number of ether oxygens (including phenoxy) is 1. The van der Waals surface area contributed by atoms with Gasteiger partial charge in [0.15, 0.2) is 0 Å². The van der Waals surface area contributed by atoms with Crippen LogP contribution in [0.25, 0.3) is 0 Å². The van der Waals surface area contributed by atoms with E-state index in [1.54, 1.807) is 0 Å². The molecule has 1 unspecified atom stereocenters. The third-order valence-corrected chi connectivity index (χ3v) is 4.60. The van der Waals surface area contributed by atoms with E-state index in [-0.39, 0.29) is 24.4 Å². The van der Waals surface area contributed by atoms with Crippen molar-refractivity contribution in [1.29, 1.82) is 0 Å². The topological polar surface area (TPSA) is 47.9 Å². The van der Waals surface area contributed by atoms with Crippen molar-refractivity contribution in [2.75, 3.05) is 6.61 Å². The zero-order valence-corrected chi connectivity index (χ0v) is 14.3. The Kier molecular flexibility index (Phi) is 5.20. The van der Waals surface area contributed by atoms with Crippen LogP contribution in [0, 0.1) is 0 Å². The normalized spacial score (nSPS) is 20.9. The zero-order valence-electron chi connectivity index (χ0n) is 14.3. The predicted molar refractivity (Wildman–Crippen MR) is 88.6 cm³/mol. The predicted octanol–water partition coefficient (Wildman–Crippen LogP) is 2.53. The first-order valence-corrected chi connectivity index (χ1v) is 8.01. The molecule has 0 radical (unpaired) electrons. The molecule has 1 aliphatic heterocycles. The second-order valence-electron chi connectivity index (χ2n) is 6.86. The van der Waals surface area contributed by atoms with Crippen molar-refractivity contribution in [3.05, 3.63) is 24.3 Å². The number of benzene rings is 1. The van der Waals surface area contributed by atoms with Crippen molar-refractivity contribution in [2.24, 2.45) is 0 Å². The van der Waals surface area contributed by atoms with Crippen molar-refractivity contribution in [3.63, 3.8) is 0 Å². The highest BCUT2D eigenvalue weighted by molar-refractivity contribution is 6.62. The van der Waals surface area contributed by atoms with Gasteiger partial charge in [0.05, 0.1) is 23.9 Å². The highest BCUT2D eigenvalue weighted by Gasteiger charge is 2.51. The highest BCUT2D eigenvalue weighted by Crippen LogP contribution is 2.36. The van der Waals surface area contributed by atoms with Crippen LogP contribution in [0.3, 0.4) is 0 Å². The largest absolute Gasteiger partial charge is 0.494 e. The summed E-state index contributed by atoms with van der Waals surface area (Å²) in [6, 6.07) is 7.76. The second-order valence-corrected chi connectivity index (χ2v) is 6.86. The van der Waals surface area contributed by atoms with Crippen molar-refractivity contribution in [2.45, 2.75) is 64.8 Å². The lowest BCUT2D eigenvalue weighted by atomic mass is 9.79. The molecule has 1 aromatic rings. The summed E-state index contributed by atoms with van der Waals surface area (Å²) in [5, 5.41) is 9.51. The Balaban J connectivity index is 1.93. The molecule has 1 aromatic carbocycles. The first kappa shape index (κ1) is 17.3. The molecule has 0 aliphatic carbocycles. The molecule has 2 rings (SSSR count).